The maximum absolute atomic E-state index is 13.1. The Morgan fingerprint density at radius 1 is 0.427 bits per heavy atom. The lowest BCUT2D eigenvalue weighted by atomic mass is 9.98. The standard InChI is InChI=1S/C61H114O14/c1-3-5-7-9-11-13-15-17-19-21-22-23-24-25-26-27-28-29-30-32-34-36-38-40-42-44-53(63)73-50(47-70-45-43-41-39-37-35-33-31-20-18-16-14-12-10-8-6-4-2)48-71-60-59(69)57(67)55(65)52(75-60)49-72-61-58(68)56(66)54(64)51(46-62)74-61/h18,20-22,50-52,54-62,64-69H,3-17,19,23-49H2,1-2H3/b20-18-,22-21-. The van der Waals surface area contributed by atoms with Gasteiger partial charge in [-0.3, -0.25) is 4.79 Å². The summed E-state index contributed by atoms with van der Waals surface area (Å²) in [7, 11) is 0. The number of allylic oxidation sites excluding steroid dienone is 4. The van der Waals surface area contributed by atoms with E-state index in [1.807, 2.05) is 0 Å². The summed E-state index contributed by atoms with van der Waals surface area (Å²) in [6.45, 7) is 3.72. The average molecular weight is 1070 g/mol. The molecule has 0 radical (unpaired) electrons. The van der Waals surface area contributed by atoms with Gasteiger partial charge in [0.05, 0.1) is 26.4 Å². The number of aliphatic hydroxyl groups excluding tert-OH is 7. The van der Waals surface area contributed by atoms with Gasteiger partial charge in [0.25, 0.3) is 0 Å². The molecule has 0 aromatic heterocycles. The Morgan fingerprint density at radius 2 is 0.787 bits per heavy atom. The number of aliphatic hydroxyl groups is 7. The van der Waals surface area contributed by atoms with Crippen LogP contribution in [-0.4, -0.2) is 142 Å². The third-order valence-electron chi connectivity index (χ3n) is 14.9. The van der Waals surface area contributed by atoms with Crippen molar-refractivity contribution >= 4 is 5.97 Å². The summed E-state index contributed by atoms with van der Waals surface area (Å²) in [4.78, 5) is 13.1. The summed E-state index contributed by atoms with van der Waals surface area (Å²) in [5.41, 5.74) is 0. The Kier molecular flexibility index (Phi) is 44.9. The summed E-state index contributed by atoms with van der Waals surface area (Å²) < 4.78 is 34.4. The Hall–Kier alpha value is -1.53. The van der Waals surface area contributed by atoms with E-state index in [1.165, 1.54) is 186 Å². The van der Waals surface area contributed by atoms with Crippen LogP contribution in [0.3, 0.4) is 0 Å². The van der Waals surface area contributed by atoms with E-state index in [0.717, 1.165) is 44.9 Å². The second-order valence-corrected chi connectivity index (χ2v) is 21.9. The lowest BCUT2D eigenvalue weighted by molar-refractivity contribution is -0.332. The molecule has 0 amide bonds. The third-order valence-corrected chi connectivity index (χ3v) is 14.9. The van der Waals surface area contributed by atoms with Crippen molar-refractivity contribution in [1.29, 1.82) is 0 Å². The highest BCUT2D eigenvalue weighted by molar-refractivity contribution is 5.69. The molecule has 11 unspecified atom stereocenters. The zero-order chi connectivity index (χ0) is 54.4. The molecule has 0 aliphatic carbocycles. The fourth-order valence-electron chi connectivity index (χ4n) is 9.92. The molecule has 2 saturated heterocycles. The fourth-order valence-corrected chi connectivity index (χ4v) is 9.92. The lowest BCUT2D eigenvalue weighted by Crippen LogP contribution is -2.61. The largest absolute Gasteiger partial charge is 0.457 e. The van der Waals surface area contributed by atoms with Crippen LogP contribution >= 0.6 is 0 Å². The van der Waals surface area contributed by atoms with Crippen molar-refractivity contribution in [2.75, 3.05) is 33.0 Å². The van der Waals surface area contributed by atoms with Gasteiger partial charge in [0.2, 0.25) is 0 Å². The minimum absolute atomic E-state index is 0.0610. The second kappa shape index (κ2) is 48.4. The molecule has 0 aromatic carbocycles. The van der Waals surface area contributed by atoms with E-state index in [4.69, 9.17) is 28.4 Å². The minimum atomic E-state index is -1.71. The van der Waals surface area contributed by atoms with Gasteiger partial charge in [0.1, 0.15) is 54.9 Å². The van der Waals surface area contributed by atoms with Gasteiger partial charge >= 0.3 is 5.97 Å². The smallest absolute Gasteiger partial charge is 0.306 e. The normalized spacial score (nSPS) is 24.7. The molecular weight excluding hydrogens is 957 g/mol. The van der Waals surface area contributed by atoms with Crippen LogP contribution in [0.2, 0.25) is 0 Å². The zero-order valence-electron chi connectivity index (χ0n) is 47.6. The molecular formula is C61H114O14. The third kappa shape index (κ3) is 35.0. The highest BCUT2D eigenvalue weighted by Crippen LogP contribution is 2.27. The number of carbonyl (C=O) groups is 1. The van der Waals surface area contributed by atoms with Crippen molar-refractivity contribution in [2.24, 2.45) is 0 Å². The van der Waals surface area contributed by atoms with Gasteiger partial charge in [-0.1, -0.05) is 212 Å². The van der Waals surface area contributed by atoms with Crippen molar-refractivity contribution in [1.82, 2.24) is 0 Å². The Bertz CT molecular complexity index is 1330. The molecule has 0 spiro atoms. The molecule has 75 heavy (non-hydrogen) atoms. The number of hydrogen-bond acceptors (Lipinski definition) is 14. The SMILES string of the molecule is CCCCCCCC/C=C\CCCCCCCCOCC(COC1OC(COC2OC(CO)C(O)C(O)C2O)C(O)C(O)C1O)OC(=O)CCCCCCCCCCCCCCC/C=C\CCCCCCCCCC. The first kappa shape index (κ1) is 69.6. The van der Waals surface area contributed by atoms with Crippen molar-refractivity contribution in [3.63, 3.8) is 0 Å². The molecule has 0 saturated carbocycles. The van der Waals surface area contributed by atoms with E-state index in [1.54, 1.807) is 0 Å². The van der Waals surface area contributed by atoms with E-state index in [2.05, 4.69) is 38.2 Å². The van der Waals surface area contributed by atoms with Gasteiger partial charge in [0, 0.05) is 13.0 Å². The highest BCUT2D eigenvalue weighted by Gasteiger charge is 2.47. The van der Waals surface area contributed by atoms with Crippen LogP contribution in [0.5, 0.6) is 0 Å². The minimum Gasteiger partial charge on any atom is -0.457 e. The van der Waals surface area contributed by atoms with Crippen molar-refractivity contribution < 1.29 is 69.0 Å². The first-order chi connectivity index (χ1) is 36.6. The van der Waals surface area contributed by atoms with E-state index in [9.17, 15) is 40.5 Å². The molecule has 11 atom stereocenters. The van der Waals surface area contributed by atoms with Crippen LogP contribution in [0.15, 0.2) is 24.3 Å². The molecule has 14 nitrogen and oxygen atoms in total. The van der Waals surface area contributed by atoms with Crippen LogP contribution in [0.4, 0.5) is 0 Å². The molecule has 14 heteroatoms. The van der Waals surface area contributed by atoms with Crippen LogP contribution in [0, 0.1) is 0 Å². The Balaban J connectivity index is 1.67. The predicted octanol–water partition coefficient (Wildman–Crippen LogP) is 11.5. The monoisotopic (exact) mass is 1070 g/mol. The van der Waals surface area contributed by atoms with Gasteiger partial charge in [-0.2, -0.15) is 0 Å². The Morgan fingerprint density at radius 3 is 1.21 bits per heavy atom. The first-order valence-corrected chi connectivity index (χ1v) is 30.9. The summed E-state index contributed by atoms with van der Waals surface area (Å²) >= 11 is 0. The average Bonchev–Trinajstić information content (AvgIpc) is 3.41. The van der Waals surface area contributed by atoms with Crippen molar-refractivity contribution in [3.05, 3.63) is 24.3 Å². The number of rotatable bonds is 51. The summed E-state index contributed by atoms with van der Waals surface area (Å²) in [6.07, 6.45) is 39.6. The fraction of sp³-hybridized carbons (Fsp3) is 0.918. The topological polar surface area (TPSA) is 214 Å². The van der Waals surface area contributed by atoms with Crippen molar-refractivity contribution in [3.8, 4) is 0 Å². The summed E-state index contributed by atoms with van der Waals surface area (Å²) in [5.74, 6) is -0.374. The maximum Gasteiger partial charge on any atom is 0.306 e. The van der Waals surface area contributed by atoms with Crippen LogP contribution in [-0.2, 0) is 33.2 Å². The molecule has 2 rings (SSSR count). The lowest BCUT2D eigenvalue weighted by Gasteiger charge is -2.42. The predicted molar refractivity (Wildman–Crippen MR) is 298 cm³/mol. The zero-order valence-corrected chi connectivity index (χ0v) is 47.6. The molecule has 2 fully saturated rings. The molecule has 0 bridgehead atoms. The van der Waals surface area contributed by atoms with E-state index >= 15 is 0 Å². The van der Waals surface area contributed by atoms with Crippen LogP contribution < -0.4 is 0 Å². The number of ether oxygens (including phenoxy) is 6. The molecule has 7 N–H and O–H groups in total. The molecule has 2 aliphatic heterocycles. The van der Waals surface area contributed by atoms with Gasteiger partial charge in [-0.05, 0) is 64.2 Å². The quantitative estimate of drug-likeness (QED) is 0.0172. The first-order valence-electron chi connectivity index (χ1n) is 30.9. The van der Waals surface area contributed by atoms with Gasteiger partial charge in [-0.25, -0.2) is 0 Å². The highest BCUT2D eigenvalue weighted by atomic mass is 16.7. The van der Waals surface area contributed by atoms with E-state index in [-0.39, 0.29) is 25.6 Å². The summed E-state index contributed by atoms with van der Waals surface area (Å²) in [6, 6.07) is 0. The van der Waals surface area contributed by atoms with Crippen molar-refractivity contribution in [2.45, 2.75) is 325 Å². The molecule has 0 aromatic rings. The van der Waals surface area contributed by atoms with Crippen LogP contribution in [0.25, 0.3) is 0 Å². The molecule has 2 heterocycles. The van der Waals surface area contributed by atoms with E-state index < -0.39 is 80.7 Å². The number of carbonyl (C=O) groups excluding carboxylic acids is 1. The maximum atomic E-state index is 13.1. The van der Waals surface area contributed by atoms with Gasteiger partial charge in [0.15, 0.2) is 12.6 Å². The second-order valence-electron chi connectivity index (χ2n) is 21.9. The number of hydrogen-bond donors (Lipinski definition) is 7. The summed E-state index contributed by atoms with van der Waals surface area (Å²) in [5, 5.41) is 72.4. The van der Waals surface area contributed by atoms with Gasteiger partial charge in [-0.15, -0.1) is 0 Å². The number of unbranched alkanes of at least 4 members (excludes halogenated alkanes) is 33. The van der Waals surface area contributed by atoms with Crippen LogP contribution in [0.1, 0.15) is 258 Å². The van der Waals surface area contributed by atoms with E-state index in [0.29, 0.717) is 13.0 Å². The van der Waals surface area contributed by atoms with Gasteiger partial charge < -0.3 is 64.2 Å². The Labute approximate surface area is 456 Å². The number of esters is 1. The molecule has 2 aliphatic rings. The molecule has 442 valence electrons.